The van der Waals surface area contributed by atoms with Crippen LogP contribution in [-0.2, 0) is 14.8 Å². The maximum atomic E-state index is 12.7. The Morgan fingerprint density at radius 3 is 2.52 bits per heavy atom. The van der Waals surface area contributed by atoms with Gasteiger partial charge in [0.2, 0.25) is 15.9 Å². The number of carbonyl (C=O) groups is 1. The molecule has 3 rings (SSSR count). The minimum absolute atomic E-state index is 0.145. The number of benzene rings is 2. The van der Waals surface area contributed by atoms with Gasteiger partial charge in [-0.25, -0.2) is 17.7 Å². The first-order chi connectivity index (χ1) is 14.6. The molecule has 0 bridgehead atoms. The Morgan fingerprint density at radius 1 is 1.13 bits per heavy atom. The molecule has 0 saturated heterocycles. The second-order valence-corrected chi connectivity index (χ2v) is 10.5. The molecule has 1 heterocycles. The molecule has 0 radical (unpaired) electrons. The lowest BCUT2D eigenvalue weighted by Crippen LogP contribution is -2.23. The Hall–Kier alpha value is -2.62. The maximum absolute atomic E-state index is 12.7. The summed E-state index contributed by atoms with van der Waals surface area (Å²) in [4.78, 5) is 17.2. The van der Waals surface area contributed by atoms with Crippen molar-refractivity contribution in [3.8, 4) is 5.69 Å². The first-order valence-electron chi connectivity index (χ1n) is 9.67. The highest BCUT2D eigenvalue weighted by Gasteiger charge is 2.20. The van der Waals surface area contributed by atoms with E-state index in [0.29, 0.717) is 10.8 Å². The monoisotopic (exact) mass is 458 g/mol. The van der Waals surface area contributed by atoms with E-state index < -0.39 is 10.0 Å². The van der Waals surface area contributed by atoms with Gasteiger partial charge < -0.3 is 5.32 Å². The molecule has 1 aromatic heterocycles. The fourth-order valence-corrected chi connectivity index (χ4v) is 4.83. The molecule has 0 aliphatic carbocycles. The zero-order valence-corrected chi connectivity index (χ0v) is 19.8. The number of hydrogen-bond acceptors (Lipinski definition) is 5. The van der Waals surface area contributed by atoms with Crippen molar-refractivity contribution in [3.05, 3.63) is 65.5 Å². The number of carbonyl (C=O) groups excluding carboxylic acids is 1. The van der Waals surface area contributed by atoms with Crippen molar-refractivity contribution in [2.24, 2.45) is 0 Å². The molecule has 3 aromatic rings. The molecule has 0 fully saturated rings. The molecule has 0 saturated carbocycles. The molecule has 1 N–H and O–H groups in total. The van der Waals surface area contributed by atoms with Gasteiger partial charge in [-0.15, -0.1) is 0 Å². The number of aromatic nitrogens is 2. The van der Waals surface area contributed by atoms with Gasteiger partial charge in [0.1, 0.15) is 0 Å². The molecule has 0 spiro atoms. The molecule has 164 valence electrons. The number of rotatable bonds is 7. The third kappa shape index (κ3) is 5.00. The summed E-state index contributed by atoms with van der Waals surface area (Å²) in [6.07, 6.45) is 3.57. The Morgan fingerprint density at radius 2 is 1.84 bits per heavy atom. The van der Waals surface area contributed by atoms with Gasteiger partial charge in [0.05, 0.1) is 16.3 Å². The number of amides is 1. The van der Waals surface area contributed by atoms with E-state index in [1.807, 2.05) is 55.8 Å². The van der Waals surface area contributed by atoms with Crippen molar-refractivity contribution >= 4 is 33.4 Å². The van der Waals surface area contributed by atoms with Crippen molar-refractivity contribution in [1.82, 2.24) is 13.9 Å². The highest BCUT2D eigenvalue weighted by atomic mass is 32.2. The van der Waals surface area contributed by atoms with Gasteiger partial charge in [-0.1, -0.05) is 30.0 Å². The SMILES string of the molecule is Cc1ccccc1-n1ccnc1SCC(=O)Nc1cc(S(=O)(=O)N(C)C)cc(C)c1C. The summed E-state index contributed by atoms with van der Waals surface area (Å²) >= 11 is 1.32. The third-order valence-corrected chi connectivity index (χ3v) is 7.77. The number of imidazole rings is 1. The largest absolute Gasteiger partial charge is 0.325 e. The normalized spacial score (nSPS) is 11.7. The van der Waals surface area contributed by atoms with Gasteiger partial charge in [0.25, 0.3) is 0 Å². The first kappa shape index (κ1) is 23.1. The standard InChI is InChI=1S/C22H26N4O3S2/c1-15-8-6-7-9-20(15)26-11-10-23-22(26)30-14-21(27)24-19-13-18(12-16(2)17(19)3)31(28,29)25(4)5/h6-13H,14H2,1-5H3,(H,24,27). The van der Waals surface area contributed by atoms with Crippen LogP contribution >= 0.6 is 11.8 Å². The van der Waals surface area contributed by atoms with Gasteiger partial charge in [0.15, 0.2) is 5.16 Å². The van der Waals surface area contributed by atoms with Crippen molar-refractivity contribution < 1.29 is 13.2 Å². The van der Waals surface area contributed by atoms with E-state index in [9.17, 15) is 13.2 Å². The minimum Gasteiger partial charge on any atom is -0.325 e. The average Bonchev–Trinajstić information content (AvgIpc) is 3.18. The molecular weight excluding hydrogens is 432 g/mol. The number of sulfonamides is 1. The molecule has 0 atom stereocenters. The summed E-state index contributed by atoms with van der Waals surface area (Å²) in [7, 11) is -0.635. The van der Waals surface area contributed by atoms with Crippen molar-refractivity contribution in [2.75, 3.05) is 25.2 Å². The Bertz CT molecular complexity index is 1220. The Labute approximate surface area is 187 Å². The van der Waals surface area contributed by atoms with Gasteiger partial charge in [-0.05, 0) is 55.7 Å². The molecule has 1 amide bonds. The zero-order valence-electron chi connectivity index (χ0n) is 18.2. The molecule has 0 unspecified atom stereocenters. The number of para-hydroxylation sites is 1. The lowest BCUT2D eigenvalue weighted by atomic mass is 10.1. The Kier molecular flexibility index (Phi) is 6.88. The summed E-state index contributed by atoms with van der Waals surface area (Å²) in [6.45, 7) is 5.71. The molecule has 2 aromatic carbocycles. The van der Waals surface area contributed by atoms with E-state index in [1.165, 1.54) is 31.9 Å². The molecule has 0 aliphatic heterocycles. The van der Waals surface area contributed by atoms with E-state index >= 15 is 0 Å². The fraction of sp³-hybridized carbons (Fsp3) is 0.273. The van der Waals surface area contributed by atoms with Crippen LogP contribution in [0.1, 0.15) is 16.7 Å². The number of aryl methyl sites for hydroxylation is 2. The summed E-state index contributed by atoms with van der Waals surface area (Å²) in [6, 6.07) is 11.1. The summed E-state index contributed by atoms with van der Waals surface area (Å²) in [5, 5.41) is 3.57. The van der Waals surface area contributed by atoms with Gasteiger partial charge in [0, 0.05) is 32.2 Å². The number of nitrogens with one attached hydrogen (secondary N) is 1. The number of nitrogens with zero attached hydrogens (tertiary/aromatic N) is 3. The molecule has 31 heavy (non-hydrogen) atoms. The quantitative estimate of drug-likeness (QED) is 0.545. The zero-order chi connectivity index (χ0) is 22.8. The van der Waals surface area contributed by atoms with Crippen LogP contribution < -0.4 is 5.32 Å². The average molecular weight is 459 g/mol. The second-order valence-electron chi connectivity index (χ2n) is 7.40. The minimum atomic E-state index is -3.60. The van der Waals surface area contributed by atoms with Crippen molar-refractivity contribution in [3.63, 3.8) is 0 Å². The maximum Gasteiger partial charge on any atom is 0.242 e. The van der Waals surface area contributed by atoms with E-state index in [-0.39, 0.29) is 16.6 Å². The molecule has 9 heteroatoms. The van der Waals surface area contributed by atoms with Crippen LogP contribution in [0.25, 0.3) is 5.69 Å². The van der Waals surface area contributed by atoms with E-state index in [0.717, 1.165) is 26.7 Å². The van der Waals surface area contributed by atoms with Gasteiger partial charge in [-0.3, -0.25) is 9.36 Å². The lowest BCUT2D eigenvalue weighted by molar-refractivity contribution is -0.113. The smallest absolute Gasteiger partial charge is 0.242 e. The molecule has 7 nitrogen and oxygen atoms in total. The highest BCUT2D eigenvalue weighted by Crippen LogP contribution is 2.27. The van der Waals surface area contributed by atoms with Gasteiger partial charge >= 0.3 is 0 Å². The van der Waals surface area contributed by atoms with Crippen LogP contribution in [0.3, 0.4) is 0 Å². The van der Waals surface area contributed by atoms with Crippen LogP contribution in [0.4, 0.5) is 5.69 Å². The third-order valence-electron chi connectivity index (χ3n) is 5.01. The topological polar surface area (TPSA) is 84.3 Å². The molecular formula is C22H26N4O3S2. The number of thioether (sulfide) groups is 1. The van der Waals surface area contributed by atoms with E-state index in [1.54, 1.807) is 12.3 Å². The predicted molar refractivity (Wildman–Crippen MR) is 124 cm³/mol. The molecule has 0 aliphatic rings. The summed E-state index contributed by atoms with van der Waals surface area (Å²) in [5.41, 5.74) is 4.24. The number of hydrogen-bond donors (Lipinski definition) is 1. The van der Waals surface area contributed by atoms with Crippen LogP contribution in [0.5, 0.6) is 0 Å². The Balaban J connectivity index is 1.77. The van der Waals surface area contributed by atoms with E-state index in [2.05, 4.69) is 10.3 Å². The van der Waals surface area contributed by atoms with Gasteiger partial charge in [-0.2, -0.15) is 0 Å². The van der Waals surface area contributed by atoms with E-state index in [4.69, 9.17) is 0 Å². The number of anilines is 1. The van der Waals surface area contributed by atoms with Crippen LogP contribution in [0.15, 0.2) is 58.8 Å². The van der Waals surface area contributed by atoms with Crippen LogP contribution in [0.2, 0.25) is 0 Å². The van der Waals surface area contributed by atoms with Crippen LogP contribution in [0, 0.1) is 20.8 Å². The van der Waals surface area contributed by atoms with Crippen molar-refractivity contribution in [1.29, 1.82) is 0 Å². The lowest BCUT2D eigenvalue weighted by Gasteiger charge is -2.16. The fourth-order valence-electron chi connectivity index (χ4n) is 3.05. The predicted octanol–water partition coefficient (Wildman–Crippen LogP) is 3.78. The highest BCUT2D eigenvalue weighted by molar-refractivity contribution is 7.99. The first-order valence-corrected chi connectivity index (χ1v) is 12.1. The van der Waals surface area contributed by atoms with Crippen LogP contribution in [-0.4, -0.2) is 48.0 Å². The van der Waals surface area contributed by atoms with Crippen molar-refractivity contribution in [2.45, 2.75) is 30.8 Å². The summed E-state index contributed by atoms with van der Waals surface area (Å²) < 4.78 is 28.1. The summed E-state index contributed by atoms with van der Waals surface area (Å²) in [5.74, 6) is -0.0855. The second kappa shape index (κ2) is 9.25.